The number of carbonyl (C=O) groups excluding carboxylic acids is 1. The van der Waals surface area contributed by atoms with Crippen LogP contribution in [0.3, 0.4) is 0 Å². The van der Waals surface area contributed by atoms with Gasteiger partial charge >= 0.3 is 0 Å². The first-order valence-corrected chi connectivity index (χ1v) is 13.2. The van der Waals surface area contributed by atoms with Gasteiger partial charge in [0.2, 0.25) is 0 Å². The monoisotopic (exact) mass is 497 g/mol. The molecule has 6 nitrogen and oxygen atoms in total. The minimum absolute atomic E-state index is 0.0000846. The molecule has 0 saturated carbocycles. The summed E-state index contributed by atoms with van der Waals surface area (Å²) in [6, 6.07) is 16.2. The molecule has 0 radical (unpaired) electrons. The predicted molar refractivity (Wildman–Crippen MR) is 149 cm³/mol. The van der Waals surface area contributed by atoms with Gasteiger partial charge in [-0.1, -0.05) is 18.2 Å². The number of aliphatic hydroxyl groups excluding tert-OH is 1. The highest BCUT2D eigenvalue weighted by molar-refractivity contribution is 6.09. The van der Waals surface area contributed by atoms with Crippen LogP contribution >= 0.6 is 0 Å². The standard InChI is InChI=1S/C31H35N3O3/c1-5-32-26-17-28-24(15-19(26)3)30(25-16-20(4)27(33-6-2)18-29(25)37-28)22-9-7-8-10-23(22)31(36)34-13-11-21(35)12-14-34/h7-10,15-18,21,32,35H,5-6,11-14H2,1-4H3. The zero-order chi connectivity index (χ0) is 26.1. The molecule has 0 bridgehead atoms. The van der Waals surface area contributed by atoms with Crippen LogP contribution in [-0.4, -0.2) is 48.2 Å². The third-order valence-corrected chi connectivity index (χ3v) is 7.26. The third kappa shape index (κ3) is 4.74. The van der Waals surface area contributed by atoms with Gasteiger partial charge < -0.3 is 19.7 Å². The van der Waals surface area contributed by atoms with Crippen LogP contribution in [0.2, 0.25) is 0 Å². The number of likely N-dealkylation sites (tertiary alicyclic amines) is 1. The van der Waals surface area contributed by atoms with Crippen LogP contribution in [0.25, 0.3) is 33.4 Å². The first-order valence-electron chi connectivity index (χ1n) is 13.2. The van der Waals surface area contributed by atoms with Gasteiger partial charge in [-0.25, -0.2) is 0 Å². The number of benzene rings is 3. The molecule has 1 aliphatic carbocycles. The highest BCUT2D eigenvalue weighted by atomic mass is 16.3. The van der Waals surface area contributed by atoms with Crippen LogP contribution in [0, 0.1) is 13.8 Å². The van der Waals surface area contributed by atoms with Gasteiger partial charge in [0.15, 0.2) is 0 Å². The maximum Gasteiger partial charge on any atom is 0.254 e. The van der Waals surface area contributed by atoms with Gasteiger partial charge in [0.1, 0.15) is 11.3 Å². The summed E-state index contributed by atoms with van der Waals surface area (Å²) in [6.45, 7) is 10.9. The Labute approximate surface area is 218 Å². The average Bonchev–Trinajstić information content (AvgIpc) is 2.89. The molecule has 2 aromatic carbocycles. The molecule has 37 heavy (non-hydrogen) atoms. The average molecular weight is 498 g/mol. The first kappa shape index (κ1) is 25.0. The Morgan fingerprint density at radius 3 is 2.54 bits per heavy atom. The van der Waals surface area contributed by atoms with E-state index in [1.165, 1.54) is 0 Å². The lowest BCUT2D eigenvalue weighted by molar-refractivity contribution is 0.0547. The molecule has 1 saturated heterocycles. The number of aryl methyl sites for hydroxylation is 2. The lowest BCUT2D eigenvalue weighted by Crippen LogP contribution is -2.40. The smallest absolute Gasteiger partial charge is 0.254 e. The molecule has 2 aromatic rings. The maximum absolute atomic E-state index is 13.8. The fourth-order valence-corrected chi connectivity index (χ4v) is 5.33. The second-order valence-electron chi connectivity index (χ2n) is 9.85. The molecule has 1 fully saturated rings. The van der Waals surface area contributed by atoms with Gasteiger partial charge in [-0.3, -0.25) is 9.79 Å². The van der Waals surface area contributed by atoms with E-state index in [0.29, 0.717) is 38.0 Å². The summed E-state index contributed by atoms with van der Waals surface area (Å²) in [4.78, 5) is 20.3. The van der Waals surface area contributed by atoms with Crippen LogP contribution in [0.5, 0.6) is 0 Å². The van der Waals surface area contributed by atoms with Gasteiger partial charge in [0.25, 0.3) is 5.91 Å². The molecular weight excluding hydrogens is 462 g/mol. The molecule has 2 heterocycles. The summed E-state index contributed by atoms with van der Waals surface area (Å²) in [7, 11) is 0. The van der Waals surface area contributed by atoms with Crippen molar-refractivity contribution < 1.29 is 14.3 Å². The van der Waals surface area contributed by atoms with Gasteiger partial charge in [0, 0.05) is 66.1 Å². The van der Waals surface area contributed by atoms with E-state index in [1.54, 1.807) is 0 Å². The number of nitrogens with one attached hydrogen (secondary N) is 1. The summed E-state index contributed by atoms with van der Waals surface area (Å²) in [5.41, 5.74) is 7.50. The largest absolute Gasteiger partial charge is 0.456 e. The minimum atomic E-state index is -0.331. The van der Waals surface area contributed by atoms with E-state index in [4.69, 9.17) is 4.42 Å². The zero-order valence-electron chi connectivity index (χ0n) is 22.1. The molecule has 192 valence electrons. The fourth-order valence-electron chi connectivity index (χ4n) is 5.33. The number of anilines is 1. The van der Waals surface area contributed by atoms with Gasteiger partial charge in [0.05, 0.1) is 11.5 Å². The SMILES string of the molecule is CCN=c1cc2oc3cc(NCC)c(C)cc3c(-c3ccccc3C(=O)N3CCC(O)CC3)c-2cc1C. The minimum Gasteiger partial charge on any atom is -0.456 e. The lowest BCUT2D eigenvalue weighted by Gasteiger charge is -2.30. The fraction of sp³-hybridized carbons (Fsp3) is 0.355. The van der Waals surface area contributed by atoms with E-state index in [0.717, 1.165) is 62.1 Å². The first-order chi connectivity index (χ1) is 17.9. The van der Waals surface area contributed by atoms with E-state index < -0.39 is 0 Å². The summed E-state index contributed by atoms with van der Waals surface area (Å²) in [6.07, 6.45) is 0.890. The zero-order valence-corrected chi connectivity index (χ0v) is 22.1. The Bertz CT molecular complexity index is 1500. The summed E-state index contributed by atoms with van der Waals surface area (Å²) >= 11 is 0. The summed E-state index contributed by atoms with van der Waals surface area (Å²) in [5, 5.41) is 15.3. The number of piperidine rings is 1. The number of carbonyl (C=O) groups is 1. The van der Waals surface area contributed by atoms with Crippen molar-refractivity contribution in [2.24, 2.45) is 4.99 Å². The van der Waals surface area contributed by atoms with Crippen LogP contribution in [0.15, 0.2) is 57.9 Å². The predicted octanol–water partition coefficient (Wildman–Crippen LogP) is 5.77. The molecule has 0 atom stereocenters. The molecule has 1 amide bonds. The molecule has 2 aliphatic heterocycles. The highest BCUT2D eigenvalue weighted by Crippen LogP contribution is 2.43. The molecule has 2 N–H and O–H groups in total. The molecule has 0 spiro atoms. The van der Waals surface area contributed by atoms with Crippen LogP contribution in [0.1, 0.15) is 48.2 Å². The van der Waals surface area contributed by atoms with E-state index in [-0.39, 0.29) is 12.0 Å². The maximum atomic E-state index is 13.8. The Hall–Kier alpha value is -3.64. The normalized spacial score (nSPS) is 15.1. The molecule has 3 aliphatic rings. The third-order valence-electron chi connectivity index (χ3n) is 7.26. The number of fused-ring (bicyclic) bond motifs is 2. The van der Waals surface area contributed by atoms with E-state index >= 15 is 0 Å². The number of nitrogens with zero attached hydrogens (tertiary/aromatic N) is 2. The lowest BCUT2D eigenvalue weighted by atomic mass is 9.88. The van der Waals surface area contributed by atoms with Crippen molar-refractivity contribution in [2.45, 2.75) is 46.6 Å². The number of aliphatic hydroxyl groups is 1. The van der Waals surface area contributed by atoms with Crippen molar-refractivity contribution in [1.82, 2.24) is 4.90 Å². The van der Waals surface area contributed by atoms with Crippen molar-refractivity contribution >= 4 is 22.6 Å². The Balaban J connectivity index is 1.80. The second kappa shape index (κ2) is 10.4. The number of hydrogen-bond donors (Lipinski definition) is 2. The topological polar surface area (TPSA) is 78.1 Å². The van der Waals surface area contributed by atoms with Crippen molar-refractivity contribution in [3.05, 3.63) is 70.6 Å². The Kier molecular flexibility index (Phi) is 7.02. The second-order valence-corrected chi connectivity index (χ2v) is 9.85. The van der Waals surface area contributed by atoms with E-state index in [1.807, 2.05) is 42.2 Å². The van der Waals surface area contributed by atoms with Gasteiger partial charge in [-0.2, -0.15) is 0 Å². The number of hydrogen-bond acceptors (Lipinski definition) is 5. The van der Waals surface area contributed by atoms with Crippen LogP contribution in [0.4, 0.5) is 5.69 Å². The number of rotatable bonds is 5. The Morgan fingerprint density at radius 1 is 1.05 bits per heavy atom. The molecule has 0 aromatic heterocycles. The molecule has 0 unspecified atom stereocenters. The highest BCUT2D eigenvalue weighted by Gasteiger charge is 2.27. The molecule has 6 heteroatoms. The Morgan fingerprint density at radius 2 is 1.81 bits per heavy atom. The number of amides is 1. The van der Waals surface area contributed by atoms with Crippen molar-refractivity contribution in [1.29, 1.82) is 0 Å². The summed E-state index contributed by atoms with van der Waals surface area (Å²) in [5.74, 6) is 0.745. The van der Waals surface area contributed by atoms with Gasteiger partial charge in [-0.15, -0.1) is 0 Å². The quantitative estimate of drug-likeness (QED) is 0.343. The van der Waals surface area contributed by atoms with E-state index in [2.05, 4.69) is 49.3 Å². The van der Waals surface area contributed by atoms with Crippen molar-refractivity contribution in [3.63, 3.8) is 0 Å². The van der Waals surface area contributed by atoms with Crippen molar-refractivity contribution in [3.8, 4) is 22.5 Å². The van der Waals surface area contributed by atoms with Crippen LogP contribution < -0.4 is 10.7 Å². The van der Waals surface area contributed by atoms with E-state index in [9.17, 15) is 9.90 Å². The van der Waals surface area contributed by atoms with Crippen molar-refractivity contribution in [2.75, 3.05) is 31.5 Å². The summed E-state index contributed by atoms with van der Waals surface area (Å²) < 4.78 is 6.50. The van der Waals surface area contributed by atoms with Crippen LogP contribution in [-0.2, 0) is 0 Å². The molecule has 5 rings (SSSR count). The molecular formula is C31H35N3O3. The van der Waals surface area contributed by atoms with Gasteiger partial charge in [-0.05, 0) is 75.4 Å².